The van der Waals surface area contributed by atoms with Crippen molar-refractivity contribution in [2.75, 3.05) is 0 Å². The third-order valence-corrected chi connectivity index (χ3v) is 2.90. The molecule has 0 atom stereocenters. The number of pyridine rings is 1. The Hall–Kier alpha value is -1.09. The Morgan fingerprint density at radius 2 is 2.20 bits per heavy atom. The molecule has 1 fully saturated rings. The summed E-state index contributed by atoms with van der Waals surface area (Å²) >= 11 is 0. The minimum Gasteiger partial charge on any atom is -0.490 e. The summed E-state index contributed by atoms with van der Waals surface area (Å²) in [6.45, 7) is 2.47. The van der Waals surface area contributed by atoms with Crippen molar-refractivity contribution >= 4 is 0 Å². The largest absolute Gasteiger partial charge is 0.490 e. The van der Waals surface area contributed by atoms with Crippen molar-refractivity contribution in [3.05, 3.63) is 23.5 Å². The standard InChI is InChI=1S/C12H18N2O/c1-9-6-12(10(7-13)8-14-9)15-11-4-2-3-5-11/h6,8,11H,2-5,7,13H2,1H3. The predicted molar refractivity (Wildman–Crippen MR) is 59.7 cm³/mol. The molecule has 15 heavy (non-hydrogen) atoms. The first kappa shape index (κ1) is 10.4. The number of nitrogens with two attached hydrogens (primary N) is 1. The van der Waals surface area contributed by atoms with Crippen molar-refractivity contribution < 1.29 is 4.74 Å². The molecular formula is C12H18N2O. The SMILES string of the molecule is Cc1cc(OC2CCCC2)c(CN)cn1. The van der Waals surface area contributed by atoms with Gasteiger partial charge in [-0.1, -0.05) is 0 Å². The molecule has 0 saturated heterocycles. The maximum absolute atomic E-state index is 5.96. The fourth-order valence-electron chi connectivity index (χ4n) is 2.01. The van der Waals surface area contributed by atoms with Gasteiger partial charge in [-0.25, -0.2) is 0 Å². The predicted octanol–water partition coefficient (Wildman–Crippen LogP) is 2.17. The van der Waals surface area contributed by atoms with E-state index in [0.717, 1.165) is 17.0 Å². The van der Waals surface area contributed by atoms with Crippen LogP contribution < -0.4 is 10.5 Å². The van der Waals surface area contributed by atoms with Crippen LogP contribution in [0.25, 0.3) is 0 Å². The van der Waals surface area contributed by atoms with Gasteiger partial charge in [0.2, 0.25) is 0 Å². The lowest BCUT2D eigenvalue weighted by Gasteiger charge is -2.16. The van der Waals surface area contributed by atoms with Crippen LogP contribution in [0.4, 0.5) is 0 Å². The molecule has 1 aliphatic rings. The van der Waals surface area contributed by atoms with Crippen LogP contribution in [0.2, 0.25) is 0 Å². The fourth-order valence-corrected chi connectivity index (χ4v) is 2.01. The van der Waals surface area contributed by atoms with Gasteiger partial charge < -0.3 is 10.5 Å². The van der Waals surface area contributed by atoms with Crippen molar-refractivity contribution in [1.29, 1.82) is 0 Å². The number of hydrogen-bond acceptors (Lipinski definition) is 3. The van der Waals surface area contributed by atoms with Crippen molar-refractivity contribution in [2.24, 2.45) is 5.73 Å². The van der Waals surface area contributed by atoms with Crippen LogP contribution in [-0.4, -0.2) is 11.1 Å². The van der Waals surface area contributed by atoms with Gasteiger partial charge in [0.25, 0.3) is 0 Å². The van der Waals surface area contributed by atoms with E-state index < -0.39 is 0 Å². The van der Waals surface area contributed by atoms with E-state index in [9.17, 15) is 0 Å². The zero-order valence-corrected chi connectivity index (χ0v) is 9.20. The molecule has 1 aromatic heterocycles. The first-order chi connectivity index (χ1) is 7.29. The average molecular weight is 206 g/mol. The van der Waals surface area contributed by atoms with Gasteiger partial charge in [-0.3, -0.25) is 4.98 Å². The van der Waals surface area contributed by atoms with Gasteiger partial charge in [-0.15, -0.1) is 0 Å². The second-order valence-corrected chi connectivity index (χ2v) is 4.16. The molecule has 0 unspecified atom stereocenters. The zero-order chi connectivity index (χ0) is 10.7. The summed E-state index contributed by atoms with van der Waals surface area (Å²) in [6, 6.07) is 1.99. The quantitative estimate of drug-likeness (QED) is 0.824. The minimum atomic E-state index is 0.386. The number of rotatable bonds is 3. The lowest BCUT2D eigenvalue weighted by atomic mass is 10.2. The fraction of sp³-hybridized carbons (Fsp3) is 0.583. The normalized spacial score (nSPS) is 16.9. The van der Waals surface area contributed by atoms with E-state index in [2.05, 4.69) is 4.98 Å². The van der Waals surface area contributed by atoms with Gasteiger partial charge in [-0.05, 0) is 32.6 Å². The number of aromatic nitrogens is 1. The molecule has 82 valence electrons. The third-order valence-electron chi connectivity index (χ3n) is 2.90. The summed E-state index contributed by atoms with van der Waals surface area (Å²) in [4.78, 5) is 4.23. The molecule has 2 rings (SSSR count). The Kier molecular flexibility index (Phi) is 3.21. The second kappa shape index (κ2) is 4.62. The Morgan fingerprint density at radius 3 is 2.87 bits per heavy atom. The highest BCUT2D eigenvalue weighted by Gasteiger charge is 2.17. The van der Waals surface area contributed by atoms with E-state index in [1.54, 1.807) is 0 Å². The number of hydrogen-bond donors (Lipinski definition) is 1. The molecule has 0 amide bonds. The molecule has 1 saturated carbocycles. The van der Waals surface area contributed by atoms with Gasteiger partial charge in [0, 0.05) is 30.1 Å². The Bertz CT molecular complexity index is 332. The summed E-state index contributed by atoms with van der Waals surface area (Å²) in [7, 11) is 0. The summed E-state index contributed by atoms with van der Waals surface area (Å²) in [5.74, 6) is 0.928. The van der Waals surface area contributed by atoms with Crippen LogP contribution in [0.5, 0.6) is 5.75 Å². The van der Waals surface area contributed by atoms with E-state index in [0.29, 0.717) is 12.6 Å². The summed E-state index contributed by atoms with van der Waals surface area (Å²) < 4.78 is 5.96. The zero-order valence-electron chi connectivity index (χ0n) is 9.20. The monoisotopic (exact) mass is 206 g/mol. The van der Waals surface area contributed by atoms with Crippen LogP contribution in [0.15, 0.2) is 12.3 Å². The van der Waals surface area contributed by atoms with Crippen LogP contribution >= 0.6 is 0 Å². The van der Waals surface area contributed by atoms with Crippen molar-refractivity contribution in [3.63, 3.8) is 0 Å². The molecule has 0 aliphatic heterocycles. The first-order valence-corrected chi connectivity index (χ1v) is 5.62. The topological polar surface area (TPSA) is 48.1 Å². The summed E-state index contributed by atoms with van der Waals surface area (Å²) in [5, 5.41) is 0. The maximum atomic E-state index is 5.96. The number of aryl methyl sites for hydroxylation is 1. The van der Waals surface area contributed by atoms with Gasteiger partial charge in [0.1, 0.15) is 5.75 Å². The van der Waals surface area contributed by atoms with Gasteiger partial charge in [0.15, 0.2) is 0 Å². The van der Waals surface area contributed by atoms with Gasteiger partial charge in [-0.2, -0.15) is 0 Å². The van der Waals surface area contributed by atoms with Crippen LogP contribution in [-0.2, 0) is 6.54 Å². The number of ether oxygens (including phenoxy) is 1. The van der Waals surface area contributed by atoms with Gasteiger partial charge in [0.05, 0.1) is 6.10 Å². The van der Waals surface area contributed by atoms with Crippen molar-refractivity contribution in [2.45, 2.75) is 45.3 Å². The molecule has 0 aromatic carbocycles. The molecule has 3 heteroatoms. The van der Waals surface area contributed by atoms with Crippen molar-refractivity contribution in [1.82, 2.24) is 4.98 Å². The minimum absolute atomic E-state index is 0.386. The Labute approximate surface area is 90.7 Å². The highest BCUT2D eigenvalue weighted by molar-refractivity contribution is 5.32. The first-order valence-electron chi connectivity index (χ1n) is 5.62. The van der Waals surface area contributed by atoms with Crippen LogP contribution in [0, 0.1) is 6.92 Å². The highest BCUT2D eigenvalue weighted by atomic mass is 16.5. The van der Waals surface area contributed by atoms with Crippen LogP contribution in [0.3, 0.4) is 0 Å². The molecule has 2 N–H and O–H groups in total. The Morgan fingerprint density at radius 1 is 1.47 bits per heavy atom. The molecule has 1 heterocycles. The van der Waals surface area contributed by atoms with E-state index in [-0.39, 0.29) is 0 Å². The lowest BCUT2D eigenvalue weighted by molar-refractivity contribution is 0.207. The Balaban J connectivity index is 2.14. The summed E-state index contributed by atoms with van der Waals surface area (Å²) in [5.41, 5.74) is 7.65. The second-order valence-electron chi connectivity index (χ2n) is 4.16. The highest BCUT2D eigenvalue weighted by Crippen LogP contribution is 2.26. The van der Waals surface area contributed by atoms with Crippen molar-refractivity contribution in [3.8, 4) is 5.75 Å². The smallest absolute Gasteiger partial charge is 0.127 e. The van der Waals surface area contributed by atoms with E-state index in [1.807, 2.05) is 19.2 Å². The average Bonchev–Trinajstić information content (AvgIpc) is 2.71. The molecule has 0 radical (unpaired) electrons. The van der Waals surface area contributed by atoms with E-state index >= 15 is 0 Å². The van der Waals surface area contributed by atoms with E-state index in [4.69, 9.17) is 10.5 Å². The molecule has 1 aliphatic carbocycles. The molecule has 1 aromatic rings. The number of nitrogens with zero attached hydrogens (tertiary/aromatic N) is 1. The molecule has 0 bridgehead atoms. The molecular weight excluding hydrogens is 188 g/mol. The maximum Gasteiger partial charge on any atom is 0.127 e. The summed E-state index contributed by atoms with van der Waals surface area (Å²) in [6.07, 6.45) is 7.12. The van der Waals surface area contributed by atoms with Crippen LogP contribution in [0.1, 0.15) is 36.9 Å². The lowest BCUT2D eigenvalue weighted by Crippen LogP contribution is -2.13. The van der Waals surface area contributed by atoms with E-state index in [1.165, 1.54) is 25.7 Å². The molecule has 3 nitrogen and oxygen atoms in total. The third kappa shape index (κ3) is 2.48. The van der Waals surface area contributed by atoms with Gasteiger partial charge >= 0.3 is 0 Å². The molecule has 0 spiro atoms.